The minimum atomic E-state index is -1.08. The molecule has 2 rings (SSSR count). The Labute approximate surface area is 123 Å². The fraction of sp³-hybridized carbons (Fsp3) is 0.308. The lowest BCUT2D eigenvalue weighted by atomic mass is 10.3. The van der Waals surface area contributed by atoms with Gasteiger partial charge in [-0.1, -0.05) is 12.1 Å². The summed E-state index contributed by atoms with van der Waals surface area (Å²) < 4.78 is 6.60. The lowest BCUT2D eigenvalue weighted by Crippen LogP contribution is -2.38. The third-order valence-electron chi connectivity index (χ3n) is 2.88. The topological polar surface area (TPSA) is 102 Å². The van der Waals surface area contributed by atoms with Crippen LogP contribution in [0.5, 0.6) is 0 Å². The Morgan fingerprint density at radius 2 is 2.24 bits per heavy atom. The van der Waals surface area contributed by atoms with Gasteiger partial charge in [-0.05, 0) is 12.1 Å². The minimum absolute atomic E-state index is 0.235. The zero-order valence-corrected chi connectivity index (χ0v) is 11.8. The number of rotatable bonds is 8. The quantitative estimate of drug-likeness (QED) is 0.545. The first kappa shape index (κ1) is 15.2. The number of hydrogen-bond donors (Lipinski definition) is 2. The van der Waals surface area contributed by atoms with E-state index in [1.165, 1.54) is 16.3 Å². The molecule has 0 aliphatic heterocycles. The smallest absolute Gasteiger partial charge is 0.419 e. The van der Waals surface area contributed by atoms with Gasteiger partial charge in [-0.3, -0.25) is 9.36 Å². The number of carbonyl (C=O) groups is 2. The van der Waals surface area contributed by atoms with Crippen molar-refractivity contribution in [2.45, 2.75) is 12.6 Å². The highest BCUT2D eigenvalue weighted by Crippen LogP contribution is 2.13. The molecule has 7 nitrogen and oxygen atoms in total. The van der Waals surface area contributed by atoms with Gasteiger partial charge < -0.3 is 14.8 Å². The molecule has 1 amide bonds. The monoisotopic (exact) mass is 310 g/mol. The van der Waals surface area contributed by atoms with Crippen molar-refractivity contribution >= 4 is 35.2 Å². The molecule has 1 heterocycles. The largest absolute Gasteiger partial charge is 0.480 e. The van der Waals surface area contributed by atoms with Crippen molar-refractivity contribution in [3.63, 3.8) is 0 Å². The summed E-state index contributed by atoms with van der Waals surface area (Å²) in [6.07, 6.45) is 0.368. The van der Waals surface area contributed by atoms with Crippen LogP contribution in [0.25, 0.3) is 11.1 Å². The van der Waals surface area contributed by atoms with Gasteiger partial charge in [0.15, 0.2) is 5.58 Å². The molecule has 0 bridgehead atoms. The summed E-state index contributed by atoms with van der Waals surface area (Å²) in [5.74, 6) is -0.745. The Morgan fingerprint density at radius 1 is 1.48 bits per heavy atom. The van der Waals surface area contributed by atoms with Gasteiger partial charge in [-0.2, -0.15) is 11.8 Å². The molecule has 112 valence electrons. The predicted octanol–water partition coefficient (Wildman–Crippen LogP) is 0.527. The summed E-state index contributed by atoms with van der Waals surface area (Å²) in [7, 11) is 0. The van der Waals surface area contributed by atoms with Crippen LogP contribution in [-0.4, -0.2) is 39.6 Å². The average molecular weight is 310 g/mol. The van der Waals surface area contributed by atoms with Crippen LogP contribution in [-0.2, 0) is 16.1 Å². The Morgan fingerprint density at radius 3 is 2.95 bits per heavy atom. The van der Waals surface area contributed by atoms with E-state index in [0.717, 1.165) is 0 Å². The molecule has 0 spiro atoms. The van der Waals surface area contributed by atoms with Crippen molar-refractivity contribution in [3.05, 3.63) is 34.8 Å². The van der Waals surface area contributed by atoms with Crippen molar-refractivity contribution < 1.29 is 19.1 Å². The third-order valence-corrected chi connectivity index (χ3v) is 3.93. The standard InChI is InChI=1S/C13H14N2O5S/c16-8-14-9(12(17)18)7-21-6-5-15-10-3-1-2-4-11(10)20-13(15)19/h1-4,8-9H,5-7H2,(H,14,16)(H,17,18). The lowest BCUT2D eigenvalue weighted by molar-refractivity contribution is -0.139. The number of carbonyl (C=O) groups excluding carboxylic acids is 1. The molecule has 0 saturated carbocycles. The van der Waals surface area contributed by atoms with Crippen LogP contribution in [0.3, 0.4) is 0 Å². The molecular weight excluding hydrogens is 296 g/mol. The SMILES string of the molecule is O=CNC(CSCCn1c(=O)oc2ccccc21)C(=O)O. The molecule has 8 heteroatoms. The highest BCUT2D eigenvalue weighted by molar-refractivity contribution is 7.99. The number of nitrogens with zero attached hydrogens (tertiary/aromatic N) is 1. The van der Waals surface area contributed by atoms with Gasteiger partial charge >= 0.3 is 11.7 Å². The Bertz CT molecular complexity index is 693. The molecular formula is C13H14N2O5S. The van der Waals surface area contributed by atoms with Crippen LogP contribution in [0.4, 0.5) is 0 Å². The maximum absolute atomic E-state index is 11.7. The molecule has 21 heavy (non-hydrogen) atoms. The first-order valence-corrected chi connectivity index (χ1v) is 7.37. The van der Waals surface area contributed by atoms with E-state index >= 15 is 0 Å². The maximum Gasteiger partial charge on any atom is 0.419 e. The van der Waals surface area contributed by atoms with Gasteiger partial charge in [0.05, 0.1) is 5.52 Å². The van der Waals surface area contributed by atoms with Crippen LogP contribution in [0.15, 0.2) is 33.5 Å². The third kappa shape index (κ3) is 3.66. The number of aryl methyl sites for hydroxylation is 1. The van der Waals surface area contributed by atoms with E-state index in [1.807, 2.05) is 6.07 Å². The molecule has 0 aliphatic carbocycles. The molecule has 1 atom stereocenters. The molecule has 0 saturated heterocycles. The lowest BCUT2D eigenvalue weighted by Gasteiger charge is -2.10. The van der Waals surface area contributed by atoms with E-state index in [1.54, 1.807) is 18.2 Å². The molecule has 1 unspecified atom stereocenters. The van der Waals surface area contributed by atoms with Crippen molar-refractivity contribution in [1.82, 2.24) is 9.88 Å². The highest BCUT2D eigenvalue weighted by Gasteiger charge is 2.16. The fourth-order valence-electron chi connectivity index (χ4n) is 1.86. The van der Waals surface area contributed by atoms with Gasteiger partial charge in [-0.15, -0.1) is 0 Å². The Balaban J connectivity index is 1.93. The van der Waals surface area contributed by atoms with Gasteiger partial charge in [0.25, 0.3) is 0 Å². The van der Waals surface area contributed by atoms with Crippen molar-refractivity contribution in [1.29, 1.82) is 0 Å². The van der Waals surface area contributed by atoms with E-state index in [4.69, 9.17) is 9.52 Å². The van der Waals surface area contributed by atoms with Gasteiger partial charge in [0, 0.05) is 18.1 Å². The number of para-hydroxylation sites is 2. The predicted molar refractivity (Wildman–Crippen MR) is 78.4 cm³/mol. The van der Waals surface area contributed by atoms with E-state index in [9.17, 15) is 14.4 Å². The normalized spacial score (nSPS) is 12.2. The summed E-state index contributed by atoms with van der Waals surface area (Å²) >= 11 is 1.34. The molecule has 0 fully saturated rings. The second-order valence-electron chi connectivity index (χ2n) is 4.24. The number of fused-ring (bicyclic) bond motifs is 1. The van der Waals surface area contributed by atoms with Crippen LogP contribution in [0.1, 0.15) is 0 Å². The number of benzene rings is 1. The second kappa shape index (κ2) is 6.98. The Hall–Kier alpha value is -2.22. The fourth-order valence-corrected chi connectivity index (χ4v) is 2.81. The Kier molecular flexibility index (Phi) is 5.04. The summed E-state index contributed by atoms with van der Waals surface area (Å²) in [6, 6.07) is 6.18. The number of nitrogens with one attached hydrogen (secondary N) is 1. The number of hydrogen-bond acceptors (Lipinski definition) is 5. The number of aromatic nitrogens is 1. The van der Waals surface area contributed by atoms with Crippen molar-refractivity contribution in [3.8, 4) is 0 Å². The van der Waals surface area contributed by atoms with E-state index < -0.39 is 17.8 Å². The zero-order valence-electron chi connectivity index (χ0n) is 11.0. The summed E-state index contributed by atoms with van der Waals surface area (Å²) in [5.41, 5.74) is 1.24. The van der Waals surface area contributed by atoms with Gasteiger partial charge in [-0.25, -0.2) is 9.59 Å². The number of thioether (sulfide) groups is 1. The van der Waals surface area contributed by atoms with Gasteiger partial charge in [0.1, 0.15) is 6.04 Å². The van der Waals surface area contributed by atoms with Gasteiger partial charge in [0.2, 0.25) is 6.41 Å². The summed E-state index contributed by atoms with van der Waals surface area (Å²) in [6.45, 7) is 0.411. The molecule has 2 N–H and O–H groups in total. The van der Waals surface area contributed by atoms with Crippen molar-refractivity contribution in [2.24, 2.45) is 0 Å². The number of aliphatic carboxylic acids is 1. The number of amides is 1. The van der Waals surface area contributed by atoms with E-state index in [-0.39, 0.29) is 5.75 Å². The first-order valence-electron chi connectivity index (χ1n) is 6.22. The van der Waals surface area contributed by atoms with Crippen LogP contribution in [0, 0.1) is 0 Å². The molecule has 0 aliphatic rings. The molecule has 1 aromatic heterocycles. The minimum Gasteiger partial charge on any atom is -0.480 e. The van der Waals surface area contributed by atoms with Crippen molar-refractivity contribution in [2.75, 3.05) is 11.5 Å². The maximum atomic E-state index is 11.7. The first-order chi connectivity index (χ1) is 10.1. The molecule has 0 radical (unpaired) electrons. The average Bonchev–Trinajstić information content (AvgIpc) is 2.78. The van der Waals surface area contributed by atoms with Crippen LogP contribution in [0.2, 0.25) is 0 Å². The summed E-state index contributed by atoms with van der Waals surface area (Å²) in [5, 5.41) is 11.1. The summed E-state index contributed by atoms with van der Waals surface area (Å²) in [4.78, 5) is 32.8. The van der Waals surface area contributed by atoms with Crippen LogP contribution < -0.4 is 11.1 Å². The molecule has 2 aromatic rings. The number of carboxylic acid groups (broad SMARTS) is 1. The number of oxazole rings is 1. The van der Waals surface area contributed by atoms with E-state index in [2.05, 4.69) is 5.32 Å². The second-order valence-corrected chi connectivity index (χ2v) is 5.39. The number of carboxylic acids is 1. The van der Waals surface area contributed by atoms with Crippen LogP contribution >= 0.6 is 11.8 Å². The molecule has 1 aromatic carbocycles. The van der Waals surface area contributed by atoms with E-state index in [0.29, 0.717) is 29.8 Å². The zero-order chi connectivity index (χ0) is 15.2. The highest BCUT2D eigenvalue weighted by atomic mass is 32.2.